The highest BCUT2D eigenvalue weighted by Crippen LogP contribution is 2.27. The molecule has 0 aromatic heterocycles. The van der Waals surface area contributed by atoms with Gasteiger partial charge in [0.25, 0.3) is 0 Å². The Morgan fingerprint density at radius 2 is 2.12 bits per heavy atom. The lowest BCUT2D eigenvalue weighted by Crippen LogP contribution is -2.31. The van der Waals surface area contributed by atoms with Crippen LogP contribution in [-0.4, -0.2) is 22.3 Å². The smallest absolute Gasteiger partial charge is 0.239 e. The number of thioether (sulfide) groups is 1. The molecule has 1 aliphatic heterocycles. The Bertz CT molecular complexity index is 710. The fraction of sp³-hybridized carbons (Fsp3) is 0.500. The molecule has 0 radical (unpaired) electrons. The number of aliphatic carboxylic acids is 1. The Labute approximate surface area is 152 Å². The first-order valence-electron chi connectivity index (χ1n) is 8.19. The van der Waals surface area contributed by atoms with Gasteiger partial charge in [0.2, 0.25) is 5.91 Å². The lowest BCUT2D eigenvalue weighted by molar-refractivity contribution is -0.305. The maximum absolute atomic E-state index is 11.7. The molecule has 1 fully saturated rings. The van der Waals surface area contributed by atoms with E-state index in [0.717, 1.165) is 17.3 Å². The number of hydrazone groups is 1. The fourth-order valence-corrected chi connectivity index (χ4v) is 3.52. The van der Waals surface area contributed by atoms with Crippen LogP contribution in [0, 0.1) is 6.92 Å². The number of amides is 1. The number of hydrogen-bond acceptors (Lipinski definition) is 6. The predicted molar refractivity (Wildman–Crippen MR) is 98.0 cm³/mol. The van der Waals surface area contributed by atoms with Crippen LogP contribution < -0.4 is 15.8 Å². The summed E-state index contributed by atoms with van der Waals surface area (Å²) in [4.78, 5) is 22.3. The van der Waals surface area contributed by atoms with Gasteiger partial charge >= 0.3 is 0 Å². The van der Waals surface area contributed by atoms with E-state index in [2.05, 4.69) is 61.7 Å². The number of nitrogens with zero attached hydrogens (tertiary/aromatic N) is 1. The summed E-state index contributed by atoms with van der Waals surface area (Å²) in [5.74, 6) is -1.60. The van der Waals surface area contributed by atoms with Crippen LogP contribution >= 0.6 is 11.8 Å². The largest absolute Gasteiger partial charge is 0.550 e. The van der Waals surface area contributed by atoms with Gasteiger partial charge in [-0.3, -0.25) is 4.79 Å². The van der Waals surface area contributed by atoms with Crippen LogP contribution in [0.5, 0.6) is 0 Å². The summed E-state index contributed by atoms with van der Waals surface area (Å²) in [6.45, 7) is 10.6. The van der Waals surface area contributed by atoms with Crippen molar-refractivity contribution in [1.82, 2.24) is 10.7 Å². The Balaban J connectivity index is 2.04. The van der Waals surface area contributed by atoms with Crippen LogP contribution in [0.25, 0.3) is 0 Å². The Morgan fingerprint density at radius 3 is 2.68 bits per heavy atom. The van der Waals surface area contributed by atoms with Gasteiger partial charge in [-0.25, -0.2) is 0 Å². The molecule has 0 bridgehead atoms. The Kier molecular flexibility index (Phi) is 5.77. The Morgan fingerprint density at radius 1 is 1.44 bits per heavy atom. The van der Waals surface area contributed by atoms with E-state index >= 15 is 0 Å². The first kappa shape index (κ1) is 19.3. The summed E-state index contributed by atoms with van der Waals surface area (Å²) in [6, 6.07) is 6.35. The van der Waals surface area contributed by atoms with Crippen LogP contribution in [0.15, 0.2) is 23.3 Å². The highest BCUT2D eigenvalue weighted by atomic mass is 32.2. The molecule has 1 aliphatic rings. The number of carboxylic acids is 1. The second-order valence-corrected chi connectivity index (χ2v) is 8.45. The SMILES string of the molecule is Cc1cc(C(C)(C)C)ccc1C(C)N/N=C1\NC(=O)C(CC(=O)[O-])S1. The minimum atomic E-state index is -1.25. The van der Waals surface area contributed by atoms with Crippen molar-refractivity contribution in [3.63, 3.8) is 0 Å². The van der Waals surface area contributed by atoms with Crippen molar-refractivity contribution >= 4 is 28.8 Å². The van der Waals surface area contributed by atoms with Crippen molar-refractivity contribution in [2.45, 2.75) is 57.7 Å². The third kappa shape index (κ3) is 4.98. The molecule has 0 spiro atoms. The van der Waals surface area contributed by atoms with E-state index in [1.165, 1.54) is 11.1 Å². The van der Waals surface area contributed by atoms with Gasteiger partial charge in [-0.2, -0.15) is 5.10 Å². The number of carbonyl (C=O) groups excluding carboxylic acids is 2. The maximum Gasteiger partial charge on any atom is 0.239 e. The van der Waals surface area contributed by atoms with Gasteiger partial charge in [-0.05, 0) is 36.0 Å². The molecule has 1 aromatic carbocycles. The van der Waals surface area contributed by atoms with Crippen LogP contribution in [0.4, 0.5) is 0 Å². The number of carboxylic acid groups (broad SMARTS) is 1. The topological polar surface area (TPSA) is 93.6 Å². The van der Waals surface area contributed by atoms with Crippen molar-refractivity contribution in [3.05, 3.63) is 34.9 Å². The monoisotopic (exact) mass is 362 g/mol. The van der Waals surface area contributed by atoms with E-state index in [0.29, 0.717) is 5.17 Å². The molecule has 2 rings (SSSR count). The molecule has 7 heteroatoms. The van der Waals surface area contributed by atoms with Gasteiger partial charge < -0.3 is 20.6 Å². The van der Waals surface area contributed by atoms with Gasteiger partial charge in [0.15, 0.2) is 5.17 Å². The summed E-state index contributed by atoms with van der Waals surface area (Å²) in [5.41, 5.74) is 6.69. The number of carbonyl (C=O) groups is 2. The van der Waals surface area contributed by atoms with Gasteiger partial charge in [0, 0.05) is 12.4 Å². The standard InChI is InChI=1S/C18H25N3O3S/c1-10-8-12(18(3,4)5)6-7-13(10)11(2)20-21-17-19-16(24)14(25-17)9-15(22)23/h6-8,11,14,20H,9H2,1-5H3,(H,22,23)(H,19,21,24)/p-1. The molecule has 0 aliphatic carbocycles. The van der Waals surface area contributed by atoms with Crippen LogP contribution in [0.3, 0.4) is 0 Å². The molecule has 1 saturated heterocycles. The molecule has 2 atom stereocenters. The van der Waals surface area contributed by atoms with Crippen molar-refractivity contribution in [2.24, 2.45) is 5.10 Å². The van der Waals surface area contributed by atoms with E-state index in [1.54, 1.807) is 0 Å². The zero-order chi connectivity index (χ0) is 18.8. The molecule has 1 amide bonds. The third-order valence-corrected chi connectivity index (χ3v) is 5.17. The first-order chi connectivity index (χ1) is 11.6. The molecule has 136 valence electrons. The fourth-order valence-electron chi connectivity index (χ4n) is 2.60. The molecule has 6 nitrogen and oxygen atoms in total. The number of nitrogens with one attached hydrogen (secondary N) is 2. The van der Waals surface area contributed by atoms with Crippen LogP contribution in [0.2, 0.25) is 0 Å². The molecule has 1 heterocycles. The minimum Gasteiger partial charge on any atom is -0.550 e. The van der Waals surface area contributed by atoms with Crippen molar-refractivity contribution in [1.29, 1.82) is 0 Å². The lowest BCUT2D eigenvalue weighted by Gasteiger charge is -2.22. The number of amidine groups is 1. The predicted octanol–water partition coefficient (Wildman–Crippen LogP) is 1.59. The lowest BCUT2D eigenvalue weighted by atomic mass is 9.85. The molecular weight excluding hydrogens is 338 g/mol. The van der Waals surface area contributed by atoms with Crippen LogP contribution in [0.1, 0.15) is 56.8 Å². The van der Waals surface area contributed by atoms with Gasteiger partial charge in [-0.1, -0.05) is 50.7 Å². The van der Waals surface area contributed by atoms with E-state index in [9.17, 15) is 14.7 Å². The summed E-state index contributed by atoms with van der Waals surface area (Å²) in [6.07, 6.45) is -0.321. The molecule has 1 aromatic rings. The van der Waals surface area contributed by atoms with Gasteiger partial charge in [0.1, 0.15) is 0 Å². The number of benzene rings is 1. The molecule has 0 saturated carbocycles. The van der Waals surface area contributed by atoms with Crippen LogP contribution in [-0.2, 0) is 15.0 Å². The van der Waals surface area contributed by atoms with E-state index < -0.39 is 11.2 Å². The van der Waals surface area contributed by atoms with E-state index in [1.807, 2.05) is 6.92 Å². The van der Waals surface area contributed by atoms with E-state index in [4.69, 9.17) is 0 Å². The maximum atomic E-state index is 11.7. The summed E-state index contributed by atoms with van der Waals surface area (Å²) in [5, 5.41) is 17.1. The Hall–Kier alpha value is -2.02. The number of rotatable bonds is 5. The first-order valence-corrected chi connectivity index (χ1v) is 9.07. The zero-order valence-corrected chi connectivity index (χ0v) is 16.0. The highest BCUT2D eigenvalue weighted by molar-refractivity contribution is 8.15. The quantitative estimate of drug-likeness (QED) is 0.776. The van der Waals surface area contributed by atoms with Crippen molar-refractivity contribution in [3.8, 4) is 0 Å². The minimum absolute atomic E-state index is 0.0424. The zero-order valence-electron chi connectivity index (χ0n) is 15.2. The van der Waals surface area contributed by atoms with E-state index in [-0.39, 0.29) is 23.8 Å². The normalized spacial score (nSPS) is 20.4. The average Bonchev–Trinajstić information content (AvgIpc) is 2.83. The molecular formula is C18H24N3O3S-. The average molecular weight is 362 g/mol. The molecule has 2 N–H and O–H groups in total. The summed E-state index contributed by atoms with van der Waals surface area (Å²) in [7, 11) is 0. The number of hydrogen-bond donors (Lipinski definition) is 2. The summed E-state index contributed by atoms with van der Waals surface area (Å²) < 4.78 is 0. The van der Waals surface area contributed by atoms with Crippen molar-refractivity contribution in [2.75, 3.05) is 0 Å². The number of aryl methyl sites for hydroxylation is 1. The molecule has 25 heavy (non-hydrogen) atoms. The third-order valence-electron chi connectivity index (χ3n) is 4.09. The summed E-state index contributed by atoms with van der Waals surface area (Å²) >= 11 is 1.10. The second-order valence-electron chi connectivity index (χ2n) is 7.26. The molecule has 2 unspecified atom stereocenters. The van der Waals surface area contributed by atoms with Gasteiger partial charge in [-0.15, -0.1) is 0 Å². The second kappa shape index (κ2) is 7.47. The van der Waals surface area contributed by atoms with Crippen molar-refractivity contribution < 1.29 is 14.7 Å². The highest BCUT2D eigenvalue weighted by Gasteiger charge is 2.30. The van der Waals surface area contributed by atoms with Gasteiger partial charge in [0.05, 0.1) is 11.3 Å².